The Balaban J connectivity index is 2.01. The molecule has 0 saturated carbocycles. The van der Waals surface area contributed by atoms with Crippen LogP contribution < -0.4 is 5.32 Å². The highest BCUT2D eigenvalue weighted by molar-refractivity contribution is 9.10. The molecule has 1 amide bonds. The Kier molecular flexibility index (Phi) is 5.97. The summed E-state index contributed by atoms with van der Waals surface area (Å²) >= 11 is 4.78. The van der Waals surface area contributed by atoms with Gasteiger partial charge in [0, 0.05) is 14.9 Å². The molecule has 0 radical (unpaired) electrons. The minimum Gasteiger partial charge on any atom is -0.465 e. The van der Waals surface area contributed by atoms with E-state index in [0.717, 1.165) is 20.5 Å². The molecule has 0 aliphatic rings. The van der Waals surface area contributed by atoms with Gasteiger partial charge in [0.1, 0.15) is 10.6 Å². The number of hydrogen-bond donors (Lipinski definition) is 2. The summed E-state index contributed by atoms with van der Waals surface area (Å²) in [6.45, 7) is 2.00. The van der Waals surface area contributed by atoms with Crippen LogP contribution in [0.2, 0.25) is 0 Å². The number of nitrogens with one attached hydrogen (secondary N) is 2. The van der Waals surface area contributed by atoms with Crippen LogP contribution in [0.15, 0.2) is 28.7 Å². The average molecular weight is 450 g/mol. The van der Waals surface area contributed by atoms with Gasteiger partial charge in [-0.3, -0.25) is 4.79 Å². The van der Waals surface area contributed by atoms with Crippen LogP contribution in [0, 0.1) is 0 Å². The van der Waals surface area contributed by atoms with Gasteiger partial charge >= 0.3 is 5.97 Å². The largest absolute Gasteiger partial charge is 0.465 e. The molecule has 10 heteroatoms. The molecular formula is C17H16BrN5O3S. The number of halogens is 1. The minimum atomic E-state index is -0.501. The summed E-state index contributed by atoms with van der Waals surface area (Å²) in [6, 6.07) is 7.65. The van der Waals surface area contributed by atoms with Crippen molar-refractivity contribution in [1.29, 1.82) is 0 Å². The van der Waals surface area contributed by atoms with E-state index < -0.39 is 5.97 Å². The number of aromatic nitrogens is 4. The van der Waals surface area contributed by atoms with Gasteiger partial charge in [-0.25, -0.2) is 4.79 Å². The number of tetrazole rings is 1. The molecule has 0 bridgehead atoms. The maximum absolute atomic E-state index is 12.5. The van der Waals surface area contributed by atoms with E-state index in [-0.39, 0.29) is 18.2 Å². The van der Waals surface area contributed by atoms with Crippen LogP contribution in [0.25, 0.3) is 11.1 Å². The summed E-state index contributed by atoms with van der Waals surface area (Å²) < 4.78 is 5.91. The Morgan fingerprint density at radius 1 is 1.30 bits per heavy atom. The molecule has 3 rings (SSSR count). The molecule has 0 atom stereocenters. The molecule has 140 valence electrons. The van der Waals surface area contributed by atoms with Crippen LogP contribution in [0.5, 0.6) is 0 Å². The monoisotopic (exact) mass is 449 g/mol. The van der Waals surface area contributed by atoms with Crippen molar-refractivity contribution in [1.82, 2.24) is 20.6 Å². The number of carbonyl (C=O) groups excluding carboxylic acids is 2. The van der Waals surface area contributed by atoms with Crippen LogP contribution in [-0.4, -0.2) is 39.6 Å². The summed E-state index contributed by atoms with van der Waals surface area (Å²) in [5.74, 6) is -0.570. The third-order valence-corrected chi connectivity index (χ3v) is 5.56. The maximum atomic E-state index is 12.5. The van der Waals surface area contributed by atoms with E-state index in [0.29, 0.717) is 17.0 Å². The number of hydrogen-bond acceptors (Lipinski definition) is 7. The number of aryl methyl sites for hydroxylation is 1. The summed E-state index contributed by atoms with van der Waals surface area (Å²) in [4.78, 5) is 25.8. The second kappa shape index (κ2) is 8.40. The highest BCUT2D eigenvalue weighted by Gasteiger charge is 2.26. The SMILES string of the molecule is CCc1sc(NC(=O)Cc2nn[nH]n2)c(C(=O)OC)c1-c1ccc(Br)cc1. The van der Waals surface area contributed by atoms with Crippen molar-refractivity contribution < 1.29 is 14.3 Å². The Bertz CT molecular complexity index is 954. The van der Waals surface area contributed by atoms with E-state index in [1.165, 1.54) is 18.4 Å². The summed E-state index contributed by atoms with van der Waals surface area (Å²) in [5, 5.41) is 16.5. The van der Waals surface area contributed by atoms with E-state index in [4.69, 9.17) is 4.74 Å². The predicted octanol–water partition coefficient (Wildman–Crippen LogP) is 3.22. The van der Waals surface area contributed by atoms with Gasteiger partial charge in [0.25, 0.3) is 0 Å². The fraction of sp³-hybridized carbons (Fsp3) is 0.235. The van der Waals surface area contributed by atoms with Crippen LogP contribution in [0.4, 0.5) is 5.00 Å². The third kappa shape index (κ3) is 4.22. The number of H-pyrrole nitrogens is 1. The first-order chi connectivity index (χ1) is 13.0. The molecule has 0 unspecified atom stereocenters. The molecule has 1 aromatic carbocycles. The normalized spacial score (nSPS) is 10.6. The lowest BCUT2D eigenvalue weighted by molar-refractivity contribution is -0.115. The molecule has 0 spiro atoms. The lowest BCUT2D eigenvalue weighted by Gasteiger charge is -2.08. The molecule has 2 N–H and O–H groups in total. The molecule has 0 fully saturated rings. The number of methoxy groups -OCH3 is 1. The van der Waals surface area contributed by atoms with Gasteiger partial charge in [-0.05, 0) is 24.1 Å². The van der Waals surface area contributed by atoms with Crippen molar-refractivity contribution in [3.05, 3.63) is 45.0 Å². The molecule has 8 nitrogen and oxygen atoms in total. The number of anilines is 1. The van der Waals surface area contributed by atoms with E-state index in [2.05, 4.69) is 41.9 Å². The van der Waals surface area contributed by atoms with Crippen molar-refractivity contribution in [3.8, 4) is 11.1 Å². The first kappa shape index (κ1) is 19.2. The first-order valence-electron chi connectivity index (χ1n) is 8.05. The lowest BCUT2D eigenvalue weighted by Crippen LogP contribution is -2.17. The average Bonchev–Trinajstić information content (AvgIpc) is 3.29. The smallest absolute Gasteiger partial charge is 0.341 e. The molecule has 0 saturated heterocycles. The number of ether oxygens (including phenoxy) is 1. The summed E-state index contributed by atoms with van der Waals surface area (Å²) in [6.07, 6.45) is 0.658. The molecule has 0 aliphatic heterocycles. The van der Waals surface area contributed by atoms with Gasteiger partial charge in [-0.2, -0.15) is 5.21 Å². The second-order valence-electron chi connectivity index (χ2n) is 5.51. The van der Waals surface area contributed by atoms with E-state index in [9.17, 15) is 9.59 Å². The van der Waals surface area contributed by atoms with Gasteiger partial charge in [0.2, 0.25) is 5.91 Å². The number of carbonyl (C=O) groups is 2. The number of benzene rings is 1. The second-order valence-corrected chi connectivity index (χ2v) is 7.53. The zero-order valence-electron chi connectivity index (χ0n) is 14.6. The highest BCUT2D eigenvalue weighted by atomic mass is 79.9. The van der Waals surface area contributed by atoms with Gasteiger partial charge in [-0.1, -0.05) is 40.2 Å². The Labute approximate surface area is 167 Å². The fourth-order valence-electron chi connectivity index (χ4n) is 2.61. The quantitative estimate of drug-likeness (QED) is 0.558. The van der Waals surface area contributed by atoms with Crippen molar-refractivity contribution >= 4 is 44.1 Å². The molecule has 0 aliphatic carbocycles. The minimum absolute atomic E-state index is 0.0515. The molecular weight excluding hydrogens is 434 g/mol. The zero-order chi connectivity index (χ0) is 19.4. The number of aromatic amines is 1. The Hall–Kier alpha value is -2.59. The summed E-state index contributed by atoms with van der Waals surface area (Å²) in [5.41, 5.74) is 2.00. The zero-order valence-corrected chi connectivity index (χ0v) is 17.0. The van der Waals surface area contributed by atoms with Crippen LogP contribution in [0.1, 0.15) is 28.0 Å². The van der Waals surface area contributed by atoms with Crippen molar-refractivity contribution in [3.63, 3.8) is 0 Å². The van der Waals surface area contributed by atoms with Crippen molar-refractivity contribution in [2.75, 3.05) is 12.4 Å². The Morgan fingerprint density at radius 3 is 2.63 bits per heavy atom. The van der Waals surface area contributed by atoms with Crippen LogP contribution >= 0.6 is 27.3 Å². The maximum Gasteiger partial charge on any atom is 0.341 e. The molecule has 2 heterocycles. The van der Waals surface area contributed by atoms with Gasteiger partial charge < -0.3 is 10.1 Å². The van der Waals surface area contributed by atoms with Gasteiger partial charge in [0.05, 0.1) is 13.5 Å². The molecule has 27 heavy (non-hydrogen) atoms. The number of nitrogens with zero attached hydrogens (tertiary/aromatic N) is 3. The number of amides is 1. The fourth-order valence-corrected chi connectivity index (χ4v) is 4.04. The first-order valence-corrected chi connectivity index (χ1v) is 9.66. The van der Waals surface area contributed by atoms with Gasteiger partial charge in [-0.15, -0.1) is 21.5 Å². The van der Waals surface area contributed by atoms with Gasteiger partial charge in [0.15, 0.2) is 5.82 Å². The lowest BCUT2D eigenvalue weighted by atomic mass is 10.00. The topological polar surface area (TPSA) is 110 Å². The van der Waals surface area contributed by atoms with Crippen LogP contribution in [0.3, 0.4) is 0 Å². The molecule has 2 aromatic heterocycles. The number of esters is 1. The van der Waals surface area contributed by atoms with E-state index >= 15 is 0 Å². The molecule has 3 aromatic rings. The van der Waals surface area contributed by atoms with Crippen molar-refractivity contribution in [2.24, 2.45) is 0 Å². The standard InChI is InChI=1S/C17H16BrN5O3S/c1-3-11-14(9-4-6-10(18)7-5-9)15(17(25)26-2)16(27-11)19-13(24)8-12-20-22-23-21-12/h4-7H,3,8H2,1-2H3,(H,19,24)(H,20,21,22,23). The van der Waals surface area contributed by atoms with E-state index in [1.54, 1.807) is 0 Å². The summed E-state index contributed by atoms with van der Waals surface area (Å²) in [7, 11) is 1.32. The van der Waals surface area contributed by atoms with Crippen LogP contribution in [-0.2, 0) is 22.4 Å². The third-order valence-electron chi connectivity index (χ3n) is 3.79. The number of thiophene rings is 1. The highest BCUT2D eigenvalue weighted by Crippen LogP contribution is 2.41. The number of rotatable bonds is 6. The van der Waals surface area contributed by atoms with E-state index in [1.807, 2.05) is 31.2 Å². The van der Waals surface area contributed by atoms with Crippen molar-refractivity contribution in [2.45, 2.75) is 19.8 Å². The predicted molar refractivity (Wildman–Crippen MR) is 105 cm³/mol. The Morgan fingerprint density at radius 2 is 2.04 bits per heavy atom.